The van der Waals surface area contributed by atoms with Gasteiger partial charge in [0.25, 0.3) is 5.69 Å². The minimum atomic E-state index is -0.445. The van der Waals surface area contributed by atoms with E-state index < -0.39 is 4.92 Å². The van der Waals surface area contributed by atoms with Crippen LogP contribution in [0.15, 0.2) is 30.5 Å². The molecule has 1 aliphatic rings. The first-order valence-electron chi connectivity index (χ1n) is 4.03. The number of rotatable bonds is 1. The number of nitro groups is 1. The maximum absolute atomic E-state index is 10.5. The molecule has 5 nitrogen and oxygen atoms in total. The maximum Gasteiger partial charge on any atom is 0.271 e. The van der Waals surface area contributed by atoms with E-state index in [1.54, 1.807) is 6.07 Å². The first-order chi connectivity index (χ1) is 6.66. The van der Waals surface area contributed by atoms with Crippen molar-refractivity contribution in [2.75, 3.05) is 11.9 Å². The van der Waals surface area contributed by atoms with Crippen LogP contribution in [0.2, 0.25) is 0 Å². The van der Waals surface area contributed by atoms with Gasteiger partial charge in [0, 0.05) is 17.8 Å². The van der Waals surface area contributed by atoms with Crippen molar-refractivity contribution in [2.24, 2.45) is 0 Å². The number of anilines is 1. The molecule has 0 fully saturated rings. The molecule has 0 saturated heterocycles. The molecule has 2 rings (SSSR count). The molecule has 0 amide bonds. The van der Waals surface area contributed by atoms with Gasteiger partial charge in [-0.3, -0.25) is 10.1 Å². The third-order valence-corrected chi connectivity index (χ3v) is 1.89. The van der Waals surface area contributed by atoms with Crippen molar-refractivity contribution in [1.82, 2.24) is 0 Å². The Kier molecular flexibility index (Phi) is 1.85. The van der Waals surface area contributed by atoms with Gasteiger partial charge in [-0.25, -0.2) is 0 Å². The molecule has 72 valence electrons. The Morgan fingerprint density at radius 2 is 2.36 bits per heavy atom. The van der Waals surface area contributed by atoms with Gasteiger partial charge in [-0.15, -0.1) is 0 Å². The summed E-state index contributed by atoms with van der Waals surface area (Å²) in [6.07, 6.45) is 0. The Labute approximate surface area is 80.1 Å². The molecule has 0 spiro atoms. The molecule has 1 heterocycles. The molecule has 1 aromatic rings. The van der Waals surface area contributed by atoms with E-state index in [0.29, 0.717) is 23.7 Å². The van der Waals surface area contributed by atoms with Crippen molar-refractivity contribution in [1.29, 1.82) is 0 Å². The highest BCUT2D eigenvalue weighted by Crippen LogP contribution is 2.32. The highest BCUT2D eigenvalue weighted by molar-refractivity contribution is 5.65. The van der Waals surface area contributed by atoms with E-state index in [1.807, 2.05) is 0 Å². The van der Waals surface area contributed by atoms with Crippen molar-refractivity contribution < 1.29 is 9.66 Å². The van der Waals surface area contributed by atoms with Gasteiger partial charge in [0.2, 0.25) is 0 Å². The van der Waals surface area contributed by atoms with Crippen LogP contribution < -0.4 is 10.1 Å². The van der Waals surface area contributed by atoms with E-state index in [9.17, 15) is 10.1 Å². The van der Waals surface area contributed by atoms with Crippen LogP contribution in [0.5, 0.6) is 5.75 Å². The molecule has 0 bridgehead atoms. The number of nitrogens with zero attached hydrogens (tertiary/aromatic N) is 1. The van der Waals surface area contributed by atoms with Crippen LogP contribution in [0, 0.1) is 10.1 Å². The van der Waals surface area contributed by atoms with Gasteiger partial charge in [-0.05, 0) is 6.07 Å². The van der Waals surface area contributed by atoms with Crippen LogP contribution in [-0.2, 0) is 0 Å². The Morgan fingerprint density at radius 1 is 1.57 bits per heavy atom. The maximum atomic E-state index is 10.5. The van der Waals surface area contributed by atoms with E-state index in [-0.39, 0.29) is 5.69 Å². The van der Waals surface area contributed by atoms with E-state index in [2.05, 4.69) is 11.9 Å². The number of nitro benzene ring substituents is 1. The van der Waals surface area contributed by atoms with Gasteiger partial charge >= 0.3 is 0 Å². The van der Waals surface area contributed by atoms with Gasteiger partial charge in [-0.1, -0.05) is 6.58 Å². The van der Waals surface area contributed by atoms with Crippen LogP contribution in [-0.4, -0.2) is 11.5 Å². The van der Waals surface area contributed by atoms with Gasteiger partial charge in [0.1, 0.15) is 12.4 Å². The van der Waals surface area contributed by atoms with Crippen molar-refractivity contribution in [3.8, 4) is 5.75 Å². The van der Waals surface area contributed by atoms with Crippen LogP contribution >= 0.6 is 0 Å². The largest absolute Gasteiger partial charge is 0.485 e. The molecule has 1 aromatic carbocycles. The molecule has 0 atom stereocenters. The van der Waals surface area contributed by atoms with Crippen LogP contribution in [0.4, 0.5) is 11.4 Å². The van der Waals surface area contributed by atoms with Crippen molar-refractivity contribution >= 4 is 11.4 Å². The second-order valence-electron chi connectivity index (χ2n) is 2.95. The molecule has 0 aromatic heterocycles. The lowest BCUT2D eigenvalue weighted by molar-refractivity contribution is -0.384. The quantitative estimate of drug-likeness (QED) is 0.545. The molecule has 1 N–H and O–H groups in total. The molecule has 1 aliphatic heterocycles. The monoisotopic (exact) mass is 192 g/mol. The summed E-state index contributed by atoms with van der Waals surface area (Å²) in [5, 5.41) is 13.4. The number of ether oxygens (including phenoxy) is 1. The summed E-state index contributed by atoms with van der Waals surface area (Å²) in [6.45, 7) is 4.08. The average molecular weight is 192 g/mol. The lowest BCUT2D eigenvalue weighted by Gasteiger charge is -2.20. The molecule has 5 heteroatoms. The van der Waals surface area contributed by atoms with Gasteiger partial charge < -0.3 is 10.1 Å². The van der Waals surface area contributed by atoms with Gasteiger partial charge in [-0.2, -0.15) is 0 Å². The molecular formula is C9H8N2O3. The number of nitrogens with one attached hydrogen (secondary N) is 1. The Balaban J connectivity index is 2.42. The molecule has 0 radical (unpaired) electrons. The fourth-order valence-corrected chi connectivity index (χ4v) is 1.25. The standard InChI is InChI=1S/C9H8N2O3/c1-6-5-14-9-3-2-7(11(12)13)4-8(9)10-6/h2-4,10H,1,5H2. The predicted molar refractivity (Wildman–Crippen MR) is 51.4 cm³/mol. The second kappa shape index (κ2) is 3.02. The summed E-state index contributed by atoms with van der Waals surface area (Å²) in [7, 11) is 0. The summed E-state index contributed by atoms with van der Waals surface area (Å²) >= 11 is 0. The fraction of sp³-hybridized carbons (Fsp3) is 0.111. The molecule has 0 unspecified atom stereocenters. The minimum absolute atomic E-state index is 0.0366. The van der Waals surface area contributed by atoms with Crippen LogP contribution in [0.3, 0.4) is 0 Å². The van der Waals surface area contributed by atoms with Crippen LogP contribution in [0.25, 0.3) is 0 Å². The highest BCUT2D eigenvalue weighted by atomic mass is 16.6. The molecule has 0 aliphatic carbocycles. The smallest absolute Gasteiger partial charge is 0.271 e. The summed E-state index contributed by atoms with van der Waals surface area (Å²) < 4.78 is 5.29. The van der Waals surface area contributed by atoms with Gasteiger partial charge in [0.05, 0.1) is 10.6 Å². The zero-order chi connectivity index (χ0) is 10.1. The third-order valence-electron chi connectivity index (χ3n) is 1.89. The van der Waals surface area contributed by atoms with Crippen molar-refractivity contribution in [3.05, 3.63) is 40.6 Å². The minimum Gasteiger partial charge on any atom is -0.485 e. The highest BCUT2D eigenvalue weighted by Gasteiger charge is 2.15. The third kappa shape index (κ3) is 1.39. The fourth-order valence-electron chi connectivity index (χ4n) is 1.25. The zero-order valence-corrected chi connectivity index (χ0v) is 7.32. The second-order valence-corrected chi connectivity index (χ2v) is 2.95. The number of non-ortho nitro benzene ring substituents is 1. The normalized spacial score (nSPS) is 13.9. The Morgan fingerprint density at radius 3 is 3.07 bits per heavy atom. The molecular weight excluding hydrogens is 184 g/mol. The van der Waals surface area contributed by atoms with Crippen LogP contribution in [0.1, 0.15) is 0 Å². The average Bonchev–Trinajstić information content (AvgIpc) is 2.16. The van der Waals surface area contributed by atoms with Crippen molar-refractivity contribution in [3.63, 3.8) is 0 Å². The SMILES string of the molecule is C=C1COc2ccc([N+](=O)[O-])cc2N1. The predicted octanol–water partition coefficient (Wildman–Crippen LogP) is 1.91. The Hall–Kier alpha value is -2.04. The van der Waals surface area contributed by atoms with E-state index >= 15 is 0 Å². The van der Waals surface area contributed by atoms with E-state index in [0.717, 1.165) is 0 Å². The zero-order valence-electron chi connectivity index (χ0n) is 7.32. The van der Waals surface area contributed by atoms with E-state index in [4.69, 9.17) is 4.74 Å². The first kappa shape index (κ1) is 8.55. The first-order valence-corrected chi connectivity index (χ1v) is 4.03. The number of benzene rings is 1. The number of hydrogen-bond donors (Lipinski definition) is 1. The molecule has 14 heavy (non-hydrogen) atoms. The summed E-state index contributed by atoms with van der Waals surface area (Å²) in [5.74, 6) is 0.614. The molecule has 0 saturated carbocycles. The number of hydrogen-bond acceptors (Lipinski definition) is 4. The summed E-state index contributed by atoms with van der Waals surface area (Å²) in [6, 6.07) is 4.42. The topological polar surface area (TPSA) is 64.4 Å². The number of fused-ring (bicyclic) bond motifs is 1. The lowest BCUT2D eigenvalue weighted by Crippen LogP contribution is -2.15. The Bertz CT molecular complexity index is 415. The summed E-state index contributed by atoms with van der Waals surface area (Å²) in [5.41, 5.74) is 1.32. The lowest BCUT2D eigenvalue weighted by atomic mass is 10.2. The summed E-state index contributed by atoms with van der Waals surface area (Å²) in [4.78, 5) is 10.0. The van der Waals surface area contributed by atoms with E-state index in [1.165, 1.54) is 12.1 Å². The van der Waals surface area contributed by atoms with Crippen molar-refractivity contribution in [2.45, 2.75) is 0 Å². The van der Waals surface area contributed by atoms with Gasteiger partial charge in [0.15, 0.2) is 0 Å².